The lowest BCUT2D eigenvalue weighted by molar-refractivity contribution is 0.206. The molecule has 0 bridgehead atoms. The molecule has 1 aromatic rings. The number of nitrogens with zero attached hydrogens (tertiary/aromatic N) is 2. The molecule has 130 valence electrons. The fraction of sp³-hybridized carbons (Fsp3) is 0.765. The van der Waals surface area contributed by atoms with E-state index in [9.17, 15) is 9.90 Å². The van der Waals surface area contributed by atoms with Crippen LogP contribution in [0.2, 0.25) is 0 Å². The number of aromatic nitrogens is 2. The van der Waals surface area contributed by atoms with Gasteiger partial charge in [-0.15, -0.1) is 0 Å². The van der Waals surface area contributed by atoms with E-state index in [4.69, 9.17) is 0 Å². The number of carbonyl (C=O) groups excluding carboxylic acids is 1. The molecule has 2 rings (SSSR count). The molecule has 0 aliphatic heterocycles. The molecule has 1 saturated carbocycles. The summed E-state index contributed by atoms with van der Waals surface area (Å²) in [5, 5.41) is 19.8. The maximum atomic E-state index is 12.2. The van der Waals surface area contributed by atoms with E-state index in [0.717, 1.165) is 18.5 Å². The lowest BCUT2D eigenvalue weighted by Crippen LogP contribution is -2.36. The van der Waals surface area contributed by atoms with Gasteiger partial charge < -0.3 is 10.4 Å². The molecule has 1 aromatic heterocycles. The van der Waals surface area contributed by atoms with Gasteiger partial charge in [0.05, 0.1) is 17.8 Å². The lowest BCUT2D eigenvalue weighted by Gasteiger charge is -2.23. The average Bonchev–Trinajstić information content (AvgIpc) is 3.06. The summed E-state index contributed by atoms with van der Waals surface area (Å²) in [4.78, 5) is 12.2. The Morgan fingerprint density at radius 2 is 1.91 bits per heavy atom. The molecule has 23 heavy (non-hydrogen) atoms. The molecule has 1 aliphatic rings. The van der Waals surface area contributed by atoms with Crippen molar-refractivity contribution in [1.82, 2.24) is 15.1 Å². The minimum absolute atomic E-state index is 0.0850. The van der Waals surface area contributed by atoms with Crippen LogP contribution in [0.1, 0.15) is 60.1 Å². The van der Waals surface area contributed by atoms with Crippen molar-refractivity contribution in [3.05, 3.63) is 11.8 Å². The second kappa shape index (κ2) is 5.82. The monoisotopic (exact) mass is 322 g/mol. The van der Waals surface area contributed by atoms with Crippen LogP contribution in [0.5, 0.6) is 0 Å². The van der Waals surface area contributed by atoms with Gasteiger partial charge in [0.2, 0.25) is 0 Å². The van der Waals surface area contributed by atoms with Crippen molar-refractivity contribution < 1.29 is 9.90 Å². The van der Waals surface area contributed by atoms with Gasteiger partial charge in [-0.25, -0.2) is 9.48 Å². The van der Waals surface area contributed by atoms with Gasteiger partial charge in [-0.2, -0.15) is 5.10 Å². The molecule has 0 atom stereocenters. The summed E-state index contributed by atoms with van der Waals surface area (Å²) in [6.45, 7) is 13.1. The number of carbonyl (C=O) groups is 1. The van der Waals surface area contributed by atoms with Crippen LogP contribution in [0.4, 0.5) is 10.6 Å². The van der Waals surface area contributed by atoms with Crippen LogP contribution in [-0.2, 0) is 11.0 Å². The first-order valence-corrected chi connectivity index (χ1v) is 8.24. The number of nitrogens with one attached hydrogen (secondary N) is 2. The van der Waals surface area contributed by atoms with Crippen LogP contribution in [0.3, 0.4) is 0 Å². The molecule has 0 unspecified atom stereocenters. The van der Waals surface area contributed by atoms with Crippen molar-refractivity contribution in [3.63, 3.8) is 0 Å². The molecule has 6 heteroatoms. The Morgan fingerprint density at radius 1 is 1.30 bits per heavy atom. The van der Waals surface area contributed by atoms with Crippen molar-refractivity contribution in [1.29, 1.82) is 0 Å². The Bertz CT molecular complexity index is 574. The largest absolute Gasteiger partial charge is 0.396 e. The van der Waals surface area contributed by atoms with E-state index in [2.05, 4.69) is 57.3 Å². The zero-order chi connectivity index (χ0) is 17.5. The van der Waals surface area contributed by atoms with Gasteiger partial charge in [-0.1, -0.05) is 20.8 Å². The molecule has 6 nitrogen and oxygen atoms in total. The molecular formula is C17H30N4O2. The maximum Gasteiger partial charge on any atom is 0.320 e. The first-order chi connectivity index (χ1) is 10.5. The predicted octanol–water partition coefficient (Wildman–Crippen LogP) is 2.83. The van der Waals surface area contributed by atoms with Crippen LogP contribution < -0.4 is 10.6 Å². The number of aliphatic hydroxyl groups is 1. The normalized spacial score (nSPS) is 17.0. The Morgan fingerprint density at radius 3 is 2.35 bits per heavy atom. The summed E-state index contributed by atoms with van der Waals surface area (Å²) in [7, 11) is 0. The van der Waals surface area contributed by atoms with E-state index in [0.29, 0.717) is 12.4 Å². The third-order valence-corrected chi connectivity index (χ3v) is 4.27. The maximum absolute atomic E-state index is 12.2. The van der Waals surface area contributed by atoms with E-state index in [-0.39, 0.29) is 29.0 Å². The van der Waals surface area contributed by atoms with Gasteiger partial charge in [0.15, 0.2) is 0 Å². The number of amides is 2. The Kier molecular flexibility index (Phi) is 4.50. The number of aliphatic hydroxyl groups excluding tert-OH is 1. The molecule has 0 aromatic carbocycles. The Hall–Kier alpha value is -1.56. The molecule has 2 amide bonds. The fourth-order valence-corrected chi connectivity index (χ4v) is 2.34. The molecular weight excluding hydrogens is 292 g/mol. The van der Waals surface area contributed by atoms with Crippen LogP contribution in [-0.4, -0.2) is 34.1 Å². The summed E-state index contributed by atoms with van der Waals surface area (Å²) >= 11 is 0. The highest BCUT2D eigenvalue weighted by Crippen LogP contribution is 2.44. The molecule has 1 heterocycles. The predicted molar refractivity (Wildman–Crippen MR) is 91.7 cm³/mol. The van der Waals surface area contributed by atoms with Crippen molar-refractivity contribution in [3.8, 4) is 0 Å². The highest BCUT2D eigenvalue weighted by atomic mass is 16.3. The molecule has 3 N–H and O–H groups in total. The van der Waals surface area contributed by atoms with E-state index in [1.807, 2.05) is 10.7 Å². The summed E-state index contributed by atoms with van der Waals surface area (Å²) in [5.74, 6) is 0.689. The third-order valence-electron chi connectivity index (χ3n) is 4.27. The molecule has 0 spiro atoms. The quantitative estimate of drug-likeness (QED) is 0.797. The minimum atomic E-state index is -0.254. The van der Waals surface area contributed by atoms with Gasteiger partial charge in [0, 0.05) is 23.4 Å². The molecule has 0 radical (unpaired) electrons. The summed E-state index contributed by atoms with van der Waals surface area (Å²) < 4.78 is 1.85. The van der Waals surface area contributed by atoms with Crippen molar-refractivity contribution >= 4 is 11.8 Å². The van der Waals surface area contributed by atoms with Gasteiger partial charge >= 0.3 is 6.03 Å². The summed E-state index contributed by atoms with van der Waals surface area (Å²) in [6.07, 6.45) is 1.94. The Labute approximate surface area is 138 Å². The molecule has 1 aliphatic carbocycles. The number of hydrogen-bond acceptors (Lipinski definition) is 3. The zero-order valence-corrected chi connectivity index (χ0v) is 15.2. The standard InChI is InChI=1S/C17H30N4O2/c1-15(2,3)12-9-13(21(20-12)16(4,5)6)19-14(23)18-10-17(11-22)7-8-17/h9,22H,7-8,10-11H2,1-6H3,(H2,18,19,23). The first kappa shape index (κ1) is 17.8. The van der Waals surface area contributed by atoms with Gasteiger partial charge in [0.1, 0.15) is 5.82 Å². The summed E-state index contributed by atoms with van der Waals surface area (Å²) in [5.41, 5.74) is 0.530. The van der Waals surface area contributed by atoms with E-state index < -0.39 is 0 Å². The fourth-order valence-electron chi connectivity index (χ4n) is 2.34. The second-order valence-electron chi connectivity index (χ2n) is 8.71. The first-order valence-electron chi connectivity index (χ1n) is 8.24. The number of rotatable bonds is 4. The number of urea groups is 1. The lowest BCUT2D eigenvalue weighted by atomic mass is 9.92. The van der Waals surface area contributed by atoms with E-state index in [1.54, 1.807) is 0 Å². The van der Waals surface area contributed by atoms with Gasteiger partial charge in [-0.3, -0.25) is 5.32 Å². The van der Waals surface area contributed by atoms with Crippen molar-refractivity contribution in [2.75, 3.05) is 18.5 Å². The van der Waals surface area contributed by atoms with Crippen LogP contribution in [0.25, 0.3) is 0 Å². The number of anilines is 1. The number of hydrogen-bond donors (Lipinski definition) is 3. The van der Waals surface area contributed by atoms with E-state index >= 15 is 0 Å². The third kappa shape index (κ3) is 4.25. The minimum Gasteiger partial charge on any atom is -0.396 e. The van der Waals surface area contributed by atoms with Crippen LogP contribution in [0.15, 0.2) is 6.07 Å². The van der Waals surface area contributed by atoms with Crippen molar-refractivity contribution in [2.24, 2.45) is 5.41 Å². The summed E-state index contributed by atoms with van der Waals surface area (Å²) in [6, 6.07) is 1.68. The Balaban J connectivity index is 2.11. The molecule has 1 fully saturated rings. The topological polar surface area (TPSA) is 79.2 Å². The van der Waals surface area contributed by atoms with Crippen molar-refractivity contribution in [2.45, 2.75) is 65.3 Å². The molecule has 0 saturated heterocycles. The highest BCUT2D eigenvalue weighted by molar-refractivity contribution is 5.88. The SMILES string of the molecule is CC(C)(C)c1cc(NC(=O)NCC2(CO)CC2)n(C(C)(C)C)n1. The second-order valence-corrected chi connectivity index (χ2v) is 8.71. The highest BCUT2D eigenvalue weighted by Gasteiger charge is 2.42. The van der Waals surface area contributed by atoms with Gasteiger partial charge in [-0.05, 0) is 33.6 Å². The van der Waals surface area contributed by atoms with Crippen LogP contribution in [0, 0.1) is 5.41 Å². The van der Waals surface area contributed by atoms with Gasteiger partial charge in [0.25, 0.3) is 0 Å². The zero-order valence-electron chi connectivity index (χ0n) is 15.2. The van der Waals surface area contributed by atoms with E-state index in [1.165, 1.54) is 0 Å². The smallest absolute Gasteiger partial charge is 0.320 e. The average molecular weight is 322 g/mol. The van der Waals surface area contributed by atoms with Crippen LogP contribution >= 0.6 is 0 Å².